The van der Waals surface area contributed by atoms with E-state index in [9.17, 15) is 14.0 Å². The van der Waals surface area contributed by atoms with Crippen LogP contribution in [-0.4, -0.2) is 58.9 Å². The van der Waals surface area contributed by atoms with Gasteiger partial charge in [0.1, 0.15) is 17.2 Å². The first-order valence-corrected chi connectivity index (χ1v) is 18.4. The molecule has 1 unspecified atom stereocenters. The Morgan fingerprint density at radius 1 is 0.889 bits per heavy atom. The number of carbonyl (C=O) groups excluding carboxylic acids is 2. The van der Waals surface area contributed by atoms with Gasteiger partial charge in [0, 0.05) is 60.2 Å². The molecule has 1 atom stereocenters. The summed E-state index contributed by atoms with van der Waals surface area (Å²) in [6, 6.07) is 30.3. The van der Waals surface area contributed by atoms with Gasteiger partial charge in [-0.2, -0.15) is 0 Å². The highest BCUT2D eigenvalue weighted by atomic mass is 19.1. The molecule has 2 aliphatic rings. The van der Waals surface area contributed by atoms with E-state index in [2.05, 4.69) is 39.3 Å². The van der Waals surface area contributed by atoms with E-state index >= 15 is 0 Å². The van der Waals surface area contributed by atoms with Crippen molar-refractivity contribution in [3.8, 4) is 33.9 Å². The van der Waals surface area contributed by atoms with Crippen LogP contribution in [0.1, 0.15) is 58.1 Å². The summed E-state index contributed by atoms with van der Waals surface area (Å²) >= 11 is 0. The lowest BCUT2D eigenvalue weighted by Crippen LogP contribution is -2.32. The average Bonchev–Trinajstić information content (AvgIpc) is 3.97. The number of anilines is 2. The summed E-state index contributed by atoms with van der Waals surface area (Å²) in [5.74, 6) is -0.216. The summed E-state index contributed by atoms with van der Waals surface area (Å²) in [7, 11) is 0. The number of H-pyrrole nitrogens is 1. The zero-order chi connectivity index (χ0) is 37.8. The maximum atomic E-state index is 13.5. The highest BCUT2D eigenvalue weighted by Crippen LogP contribution is 2.35. The van der Waals surface area contributed by atoms with E-state index in [1.807, 2.05) is 76.2 Å². The Hall–Kier alpha value is -6.03. The first kappa shape index (κ1) is 36.3. The van der Waals surface area contributed by atoms with Crippen LogP contribution in [0.3, 0.4) is 0 Å². The molecule has 1 amide bonds. The summed E-state index contributed by atoms with van der Waals surface area (Å²) < 4.78 is 18.9. The van der Waals surface area contributed by atoms with Gasteiger partial charge in [0.15, 0.2) is 0 Å². The second-order valence-electron chi connectivity index (χ2n) is 14.5. The molecule has 1 fully saturated rings. The molecule has 276 valence electrons. The van der Waals surface area contributed by atoms with E-state index in [0.717, 1.165) is 58.1 Å². The number of nitrogens with zero attached hydrogens (tertiary/aromatic N) is 4. The summed E-state index contributed by atoms with van der Waals surface area (Å²) in [4.78, 5) is 43.8. The molecule has 10 heteroatoms. The van der Waals surface area contributed by atoms with Crippen LogP contribution in [0.5, 0.6) is 0 Å². The molecule has 9 nitrogen and oxygen atoms in total. The molecule has 7 rings (SSSR count). The smallest absolute Gasteiger partial charge is 0.351 e. The number of nitrogens with one attached hydrogen (secondary N) is 1. The van der Waals surface area contributed by atoms with E-state index in [1.165, 1.54) is 36.7 Å². The van der Waals surface area contributed by atoms with Crippen LogP contribution >= 0.6 is 0 Å². The number of amides is 1. The quantitative estimate of drug-likeness (QED) is 0.114. The fourth-order valence-corrected chi connectivity index (χ4v) is 6.70. The predicted molar refractivity (Wildman–Crippen MR) is 212 cm³/mol. The van der Waals surface area contributed by atoms with Crippen molar-refractivity contribution in [1.29, 1.82) is 0 Å². The molecule has 5 aromatic rings. The zero-order valence-corrected chi connectivity index (χ0v) is 31.0. The normalized spacial score (nSPS) is 15.7. The van der Waals surface area contributed by atoms with Crippen molar-refractivity contribution in [2.45, 2.75) is 58.7 Å². The van der Waals surface area contributed by atoms with Gasteiger partial charge in [0.2, 0.25) is 6.10 Å². The van der Waals surface area contributed by atoms with E-state index in [4.69, 9.17) is 14.6 Å². The number of oxime groups is 1. The molecule has 3 heterocycles. The van der Waals surface area contributed by atoms with Gasteiger partial charge in [-0.3, -0.25) is 4.79 Å². The molecule has 1 saturated heterocycles. The Morgan fingerprint density at radius 3 is 2.17 bits per heavy atom. The van der Waals surface area contributed by atoms with Gasteiger partial charge in [-0.25, -0.2) is 14.2 Å². The number of benzene rings is 4. The molecule has 2 aliphatic heterocycles. The molecule has 4 aromatic carbocycles. The Morgan fingerprint density at radius 2 is 1.52 bits per heavy atom. The summed E-state index contributed by atoms with van der Waals surface area (Å²) in [5.41, 5.74) is 8.09. The van der Waals surface area contributed by atoms with E-state index in [-0.39, 0.29) is 11.7 Å². The largest absolute Gasteiger partial charge is 0.457 e. The Kier molecular flexibility index (Phi) is 10.4. The lowest BCUT2D eigenvalue weighted by molar-refractivity contribution is -0.166. The van der Waals surface area contributed by atoms with Gasteiger partial charge in [0.05, 0.1) is 17.1 Å². The van der Waals surface area contributed by atoms with Gasteiger partial charge >= 0.3 is 5.97 Å². The fraction of sp³-hybridized carbons (Fsp3) is 0.273. The number of ether oxygens (including phenoxy) is 1. The van der Waals surface area contributed by atoms with Gasteiger partial charge in [-0.1, -0.05) is 53.7 Å². The third-order valence-electron chi connectivity index (χ3n) is 9.48. The van der Waals surface area contributed by atoms with Crippen LogP contribution in [-0.2, 0) is 19.2 Å². The molecule has 0 spiro atoms. The van der Waals surface area contributed by atoms with Crippen molar-refractivity contribution >= 4 is 35.0 Å². The zero-order valence-electron chi connectivity index (χ0n) is 31.0. The van der Waals surface area contributed by atoms with Gasteiger partial charge in [-0.05, 0) is 106 Å². The number of rotatable bonds is 10. The first-order chi connectivity index (χ1) is 26.0. The van der Waals surface area contributed by atoms with Crippen LogP contribution < -0.4 is 9.80 Å². The van der Waals surface area contributed by atoms with E-state index in [1.54, 1.807) is 23.1 Å². The minimum Gasteiger partial charge on any atom is -0.457 e. The van der Waals surface area contributed by atoms with Gasteiger partial charge < -0.3 is 24.4 Å². The molecule has 1 aromatic heterocycles. The van der Waals surface area contributed by atoms with Crippen molar-refractivity contribution in [2.24, 2.45) is 5.16 Å². The van der Waals surface area contributed by atoms with E-state index < -0.39 is 17.7 Å². The van der Waals surface area contributed by atoms with Crippen LogP contribution in [0, 0.1) is 5.82 Å². The molecule has 0 saturated carbocycles. The summed E-state index contributed by atoms with van der Waals surface area (Å²) in [5, 5.41) is 4.20. The minimum absolute atomic E-state index is 0.191. The molecule has 1 N–H and O–H groups in total. The first-order valence-electron chi connectivity index (χ1n) is 18.4. The lowest BCUT2D eigenvalue weighted by atomic mass is 10.00. The van der Waals surface area contributed by atoms with Crippen molar-refractivity contribution < 1.29 is 23.6 Å². The SMILES string of the molecule is CCN(C(=O)C=Cc1ccc(-c2[nH]c(-c3ccc(N4CCCC4)cc3)nc2-c2ccc(C3=NOC(C(=O)OC(C)(C)C)C3)cc2)cc1)c1ccc(F)cc1. The average molecular weight is 726 g/mol. The summed E-state index contributed by atoms with van der Waals surface area (Å²) in [6.07, 6.45) is 5.30. The van der Waals surface area contributed by atoms with E-state index in [0.29, 0.717) is 24.4 Å². The van der Waals surface area contributed by atoms with Crippen molar-refractivity contribution in [3.05, 3.63) is 120 Å². The number of halogens is 1. The number of aromatic amines is 1. The van der Waals surface area contributed by atoms with Crippen LogP contribution in [0.2, 0.25) is 0 Å². The third kappa shape index (κ3) is 8.28. The number of imidazole rings is 1. The fourth-order valence-electron chi connectivity index (χ4n) is 6.70. The maximum Gasteiger partial charge on any atom is 0.351 e. The molecular formula is C44H44FN5O4. The molecule has 54 heavy (non-hydrogen) atoms. The highest BCUT2D eigenvalue weighted by molar-refractivity contribution is 6.04. The molecule has 0 radical (unpaired) electrons. The van der Waals surface area contributed by atoms with Crippen LogP contribution in [0.25, 0.3) is 40.0 Å². The number of hydrogen-bond donors (Lipinski definition) is 1. The Balaban J connectivity index is 1.14. The predicted octanol–water partition coefficient (Wildman–Crippen LogP) is 9.05. The van der Waals surface area contributed by atoms with Crippen LogP contribution in [0.4, 0.5) is 15.8 Å². The number of carbonyl (C=O) groups is 2. The number of likely N-dealkylation sites (N-methyl/N-ethyl adjacent to an activating group) is 1. The lowest BCUT2D eigenvalue weighted by Gasteiger charge is -2.20. The summed E-state index contributed by atoms with van der Waals surface area (Å²) in [6.45, 7) is 9.97. The standard InChI is InChI=1S/C44H44FN5O4/c1-5-50(36-23-19-34(45)20-24-36)39(51)25-10-29-8-11-31(12-9-29)40-41(47-42(46-40)33-17-21-35(22-18-33)49-26-6-7-27-49)32-15-13-30(14-16-32)37-28-38(54-48-37)43(52)53-44(2,3)4/h8-25,38H,5-7,26-28H2,1-4H3,(H,46,47). The number of hydrogen-bond acceptors (Lipinski definition) is 7. The van der Waals surface area contributed by atoms with Crippen LogP contribution in [0.15, 0.2) is 108 Å². The molecule has 0 bridgehead atoms. The van der Waals surface area contributed by atoms with Gasteiger partial charge in [0.25, 0.3) is 5.91 Å². The third-order valence-corrected chi connectivity index (χ3v) is 9.48. The number of esters is 1. The molecular weight excluding hydrogens is 682 g/mol. The number of aromatic nitrogens is 2. The second-order valence-corrected chi connectivity index (χ2v) is 14.5. The molecule has 0 aliphatic carbocycles. The maximum absolute atomic E-state index is 13.5. The monoisotopic (exact) mass is 725 g/mol. The minimum atomic E-state index is -0.771. The van der Waals surface area contributed by atoms with Crippen molar-refractivity contribution in [1.82, 2.24) is 9.97 Å². The topological polar surface area (TPSA) is 100 Å². The second kappa shape index (κ2) is 15.5. The Labute approximate surface area is 315 Å². The van der Waals surface area contributed by atoms with Crippen molar-refractivity contribution in [2.75, 3.05) is 29.4 Å². The van der Waals surface area contributed by atoms with Crippen molar-refractivity contribution in [3.63, 3.8) is 0 Å². The van der Waals surface area contributed by atoms with Gasteiger partial charge in [-0.15, -0.1) is 0 Å². The Bertz CT molecular complexity index is 2160. The highest BCUT2D eigenvalue weighted by Gasteiger charge is 2.33.